The Labute approximate surface area is 153 Å². The lowest BCUT2D eigenvalue weighted by Crippen LogP contribution is -2.46. The van der Waals surface area contributed by atoms with Crippen molar-refractivity contribution in [2.75, 3.05) is 19.7 Å². The molecule has 0 aromatic carbocycles. The van der Waals surface area contributed by atoms with Gasteiger partial charge in [0.25, 0.3) is 5.91 Å². The van der Waals surface area contributed by atoms with Gasteiger partial charge in [-0.1, -0.05) is 31.9 Å². The number of hydrogen-bond donors (Lipinski definition) is 1. The van der Waals surface area contributed by atoms with Gasteiger partial charge in [0, 0.05) is 25.3 Å². The molecule has 2 aliphatic heterocycles. The second-order valence-electron chi connectivity index (χ2n) is 6.80. The molecule has 0 spiro atoms. The Hall–Kier alpha value is -2.28. The lowest BCUT2D eigenvalue weighted by Gasteiger charge is -2.29. The van der Waals surface area contributed by atoms with Crippen molar-refractivity contribution >= 4 is 23.6 Å². The normalized spacial score (nSPS) is 25.0. The average Bonchev–Trinajstić information content (AvgIpc) is 3.15. The summed E-state index contributed by atoms with van der Waals surface area (Å²) in [6, 6.07) is -0.539. The van der Waals surface area contributed by atoms with Gasteiger partial charge in [0.05, 0.1) is 17.7 Å². The highest BCUT2D eigenvalue weighted by molar-refractivity contribution is 6.23. The number of aliphatic imine (C=N–C) groups is 1. The van der Waals surface area contributed by atoms with Crippen LogP contribution < -0.4 is 5.32 Å². The number of ether oxygens (including phenoxy) is 1. The van der Waals surface area contributed by atoms with Gasteiger partial charge >= 0.3 is 6.03 Å². The molecule has 1 fully saturated rings. The molecule has 0 aromatic rings. The molecule has 2 heterocycles. The summed E-state index contributed by atoms with van der Waals surface area (Å²) in [4.78, 5) is 42.3. The summed E-state index contributed by atoms with van der Waals surface area (Å²) < 4.78 is 5.49. The molecule has 0 radical (unpaired) electrons. The highest BCUT2D eigenvalue weighted by Gasteiger charge is 2.36. The number of amides is 4. The lowest BCUT2D eigenvalue weighted by atomic mass is 9.91. The number of unbranched alkanes of at least 4 members (excludes halogenated alkanes) is 2. The van der Waals surface area contributed by atoms with Crippen LogP contribution in [0.4, 0.5) is 4.79 Å². The van der Waals surface area contributed by atoms with E-state index in [2.05, 4.69) is 17.2 Å². The van der Waals surface area contributed by atoms with Crippen LogP contribution in [0.5, 0.6) is 0 Å². The van der Waals surface area contributed by atoms with Crippen LogP contribution in [0.15, 0.2) is 28.8 Å². The van der Waals surface area contributed by atoms with Crippen molar-refractivity contribution in [2.45, 2.75) is 45.1 Å². The zero-order valence-corrected chi connectivity index (χ0v) is 15.1. The molecule has 3 rings (SSSR count). The van der Waals surface area contributed by atoms with Crippen molar-refractivity contribution < 1.29 is 19.1 Å². The molecule has 0 saturated carbocycles. The Morgan fingerprint density at radius 1 is 1.38 bits per heavy atom. The molecule has 7 heteroatoms. The van der Waals surface area contributed by atoms with Crippen LogP contribution in [0, 0.1) is 5.92 Å². The van der Waals surface area contributed by atoms with Gasteiger partial charge in [-0.2, -0.15) is 4.99 Å². The van der Waals surface area contributed by atoms with E-state index < -0.39 is 11.9 Å². The summed E-state index contributed by atoms with van der Waals surface area (Å²) in [5, 5.41) is 2.84. The second-order valence-corrected chi connectivity index (χ2v) is 6.80. The number of fused-ring (bicyclic) bond motifs is 1. The smallest absolute Gasteiger partial charge is 0.350 e. The Bertz CT molecular complexity index is 674. The fourth-order valence-electron chi connectivity index (χ4n) is 3.32. The van der Waals surface area contributed by atoms with Crippen LogP contribution in [0.25, 0.3) is 0 Å². The third-order valence-electron chi connectivity index (χ3n) is 4.84. The Kier molecular flexibility index (Phi) is 5.98. The van der Waals surface area contributed by atoms with Crippen molar-refractivity contribution in [1.82, 2.24) is 10.2 Å². The van der Waals surface area contributed by atoms with E-state index in [9.17, 15) is 14.4 Å². The van der Waals surface area contributed by atoms with E-state index in [1.165, 1.54) is 11.0 Å². The zero-order chi connectivity index (χ0) is 18.5. The fourth-order valence-corrected chi connectivity index (χ4v) is 3.32. The molecule has 0 aromatic heterocycles. The first kappa shape index (κ1) is 18.5. The van der Waals surface area contributed by atoms with E-state index in [0.29, 0.717) is 24.4 Å². The van der Waals surface area contributed by atoms with E-state index in [1.807, 2.05) is 0 Å². The molecule has 4 amide bonds. The van der Waals surface area contributed by atoms with Gasteiger partial charge in [0.2, 0.25) is 5.91 Å². The van der Waals surface area contributed by atoms with Crippen molar-refractivity contribution in [1.29, 1.82) is 0 Å². The fraction of sp³-hybridized carbons (Fsp3) is 0.579. The first-order valence-corrected chi connectivity index (χ1v) is 9.33. The number of urea groups is 1. The quantitative estimate of drug-likeness (QED) is 0.704. The molecule has 140 valence electrons. The van der Waals surface area contributed by atoms with Gasteiger partial charge < -0.3 is 10.1 Å². The van der Waals surface area contributed by atoms with Gasteiger partial charge in [0.15, 0.2) is 0 Å². The summed E-state index contributed by atoms with van der Waals surface area (Å²) in [5.74, 6) is -1.09. The summed E-state index contributed by atoms with van der Waals surface area (Å²) in [6.07, 6.45) is 9.60. The number of nitrogens with zero attached hydrogens (tertiary/aromatic N) is 2. The molecule has 1 N–H and O–H groups in total. The molecule has 2 unspecified atom stereocenters. The Morgan fingerprint density at radius 2 is 2.23 bits per heavy atom. The van der Waals surface area contributed by atoms with E-state index >= 15 is 0 Å². The number of hydrogen-bond acceptors (Lipinski definition) is 4. The molecule has 1 saturated heterocycles. The Balaban J connectivity index is 1.64. The first-order chi connectivity index (χ1) is 12.6. The number of allylic oxidation sites excluding steroid dienone is 1. The van der Waals surface area contributed by atoms with Gasteiger partial charge in [-0.05, 0) is 25.3 Å². The largest absolute Gasteiger partial charge is 0.376 e. The van der Waals surface area contributed by atoms with E-state index in [4.69, 9.17) is 4.74 Å². The van der Waals surface area contributed by atoms with Crippen molar-refractivity contribution in [3.05, 3.63) is 23.8 Å². The highest BCUT2D eigenvalue weighted by atomic mass is 16.5. The van der Waals surface area contributed by atoms with Crippen LogP contribution in [-0.4, -0.2) is 54.3 Å². The minimum atomic E-state index is -0.580. The highest BCUT2D eigenvalue weighted by Crippen LogP contribution is 2.23. The number of imide groups is 1. The van der Waals surface area contributed by atoms with E-state index in [-0.39, 0.29) is 17.9 Å². The lowest BCUT2D eigenvalue weighted by molar-refractivity contribution is -0.129. The van der Waals surface area contributed by atoms with Crippen LogP contribution >= 0.6 is 0 Å². The second kappa shape index (κ2) is 8.40. The summed E-state index contributed by atoms with van der Waals surface area (Å²) in [7, 11) is 0. The molecule has 0 bridgehead atoms. The SMILES string of the molecule is CCCCCN1C(=O)N=C2C=C(C(=O)NCC3CCCO3)C=CC2C1=O. The van der Waals surface area contributed by atoms with Crippen LogP contribution in [0.2, 0.25) is 0 Å². The molecular formula is C19H25N3O4. The monoisotopic (exact) mass is 359 g/mol. The van der Waals surface area contributed by atoms with Gasteiger partial charge in [0.1, 0.15) is 0 Å². The molecule has 2 atom stereocenters. The molecule has 3 aliphatic rings. The van der Waals surface area contributed by atoms with Crippen LogP contribution in [0.3, 0.4) is 0 Å². The standard InChI is InChI=1S/C19H25N3O4/c1-2-3-4-9-22-18(24)15-8-7-13(11-16(15)21-19(22)25)17(23)20-12-14-6-5-10-26-14/h7-8,11,14-15H,2-6,9-10,12H2,1H3,(H,20,23). The van der Waals surface area contributed by atoms with Gasteiger partial charge in [-0.3, -0.25) is 14.5 Å². The number of carbonyl (C=O) groups excluding carboxylic acids is 3. The minimum absolute atomic E-state index is 0.0618. The molecule has 1 aliphatic carbocycles. The van der Waals surface area contributed by atoms with E-state index in [1.54, 1.807) is 12.2 Å². The van der Waals surface area contributed by atoms with Crippen molar-refractivity contribution in [3.8, 4) is 0 Å². The van der Waals surface area contributed by atoms with Crippen LogP contribution in [0.1, 0.15) is 39.0 Å². The number of carbonyl (C=O) groups is 3. The van der Waals surface area contributed by atoms with Gasteiger partial charge in [-0.25, -0.2) is 4.79 Å². The van der Waals surface area contributed by atoms with E-state index in [0.717, 1.165) is 38.7 Å². The minimum Gasteiger partial charge on any atom is -0.376 e. The molecular weight excluding hydrogens is 334 g/mol. The zero-order valence-electron chi connectivity index (χ0n) is 15.1. The first-order valence-electron chi connectivity index (χ1n) is 9.33. The maximum Gasteiger partial charge on any atom is 0.350 e. The number of rotatable bonds is 7. The molecule has 7 nitrogen and oxygen atoms in total. The predicted molar refractivity (Wildman–Crippen MR) is 96.8 cm³/mol. The summed E-state index contributed by atoms with van der Waals surface area (Å²) >= 11 is 0. The van der Waals surface area contributed by atoms with Gasteiger partial charge in [-0.15, -0.1) is 0 Å². The van der Waals surface area contributed by atoms with Crippen molar-refractivity contribution in [3.63, 3.8) is 0 Å². The average molecular weight is 359 g/mol. The maximum absolute atomic E-state index is 12.6. The summed E-state index contributed by atoms with van der Waals surface area (Å²) in [6.45, 7) is 3.66. The topological polar surface area (TPSA) is 88.1 Å². The third-order valence-corrected chi connectivity index (χ3v) is 4.84. The predicted octanol–water partition coefficient (Wildman–Crippen LogP) is 1.99. The van der Waals surface area contributed by atoms with Crippen molar-refractivity contribution in [2.24, 2.45) is 10.9 Å². The number of nitrogens with one attached hydrogen (secondary N) is 1. The summed E-state index contributed by atoms with van der Waals surface area (Å²) in [5.41, 5.74) is 0.745. The molecule has 26 heavy (non-hydrogen) atoms. The maximum atomic E-state index is 12.6. The van der Waals surface area contributed by atoms with Crippen LogP contribution in [-0.2, 0) is 14.3 Å². The third kappa shape index (κ3) is 4.09. The Morgan fingerprint density at radius 3 is 2.96 bits per heavy atom.